The van der Waals surface area contributed by atoms with Crippen LogP contribution in [0.5, 0.6) is 11.5 Å². The van der Waals surface area contributed by atoms with Crippen LogP contribution in [0.25, 0.3) is 10.8 Å². The van der Waals surface area contributed by atoms with E-state index in [4.69, 9.17) is 4.74 Å². The van der Waals surface area contributed by atoms with E-state index < -0.39 is 5.91 Å². The van der Waals surface area contributed by atoms with Gasteiger partial charge in [-0.2, -0.15) is 5.26 Å². The molecule has 0 heterocycles. The molecule has 0 aliphatic carbocycles. The molecule has 3 aromatic carbocycles. The average Bonchev–Trinajstić information content (AvgIpc) is 2.69. The smallest absolute Gasteiger partial charge is 0.267 e. The zero-order chi connectivity index (χ0) is 20.1. The molecule has 1 amide bonds. The molecule has 0 aliphatic heterocycles. The average molecular weight is 373 g/mol. The highest BCUT2D eigenvalue weighted by Crippen LogP contribution is 2.30. The number of hydrogen-bond acceptors (Lipinski definition) is 5. The summed E-state index contributed by atoms with van der Waals surface area (Å²) in [6.07, 6.45) is 1.34. The number of benzene rings is 3. The summed E-state index contributed by atoms with van der Waals surface area (Å²) >= 11 is 0. The number of fused-ring (bicyclic) bond motifs is 1. The number of carbonyl (C=O) groups excluding carboxylic acids is 1. The Hall–Kier alpha value is -3.98. The van der Waals surface area contributed by atoms with Crippen LogP contribution in [0.15, 0.2) is 66.4 Å². The predicted molar refractivity (Wildman–Crippen MR) is 109 cm³/mol. The highest BCUT2D eigenvalue weighted by molar-refractivity contribution is 6.07. The van der Waals surface area contributed by atoms with Gasteiger partial charge in [0, 0.05) is 22.7 Å². The largest absolute Gasteiger partial charge is 0.507 e. The maximum Gasteiger partial charge on any atom is 0.267 e. The van der Waals surface area contributed by atoms with Crippen molar-refractivity contribution in [1.29, 1.82) is 5.26 Å². The molecule has 0 bridgehead atoms. The molecule has 0 aromatic heterocycles. The third-order valence-electron chi connectivity index (χ3n) is 4.24. The Labute approximate surface area is 162 Å². The normalized spacial score (nSPS) is 11.0. The van der Waals surface area contributed by atoms with E-state index in [1.165, 1.54) is 13.3 Å². The summed E-state index contributed by atoms with van der Waals surface area (Å²) in [4.78, 5) is 12.5. The van der Waals surface area contributed by atoms with Crippen LogP contribution in [0.4, 0.5) is 11.4 Å². The Morgan fingerprint density at radius 3 is 2.61 bits per heavy atom. The van der Waals surface area contributed by atoms with E-state index in [0.29, 0.717) is 22.5 Å². The van der Waals surface area contributed by atoms with E-state index in [9.17, 15) is 15.2 Å². The molecule has 3 N–H and O–H groups in total. The number of nitriles is 1. The van der Waals surface area contributed by atoms with Crippen molar-refractivity contribution < 1.29 is 14.6 Å². The quantitative estimate of drug-likeness (QED) is 0.457. The van der Waals surface area contributed by atoms with Gasteiger partial charge in [-0.15, -0.1) is 0 Å². The molecule has 28 heavy (non-hydrogen) atoms. The van der Waals surface area contributed by atoms with Crippen LogP contribution >= 0.6 is 0 Å². The van der Waals surface area contributed by atoms with Crippen molar-refractivity contribution in [3.63, 3.8) is 0 Å². The number of hydrogen-bond donors (Lipinski definition) is 3. The molecule has 6 nitrogen and oxygen atoms in total. The van der Waals surface area contributed by atoms with Crippen molar-refractivity contribution in [1.82, 2.24) is 0 Å². The number of nitrogens with zero attached hydrogens (tertiary/aromatic N) is 1. The number of aryl methyl sites for hydroxylation is 1. The number of phenols is 1. The van der Waals surface area contributed by atoms with Gasteiger partial charge in [0.2, 0.25) is 0 Å². The number of ether oxygens (including phenoxy) is 1. The predicted octanol–water partition coefficient (Wildman–Crippen LogP) is 4.32. The number of carbonyl (C=O) groups is 1. The number of nitrogens with one attached hydrogen (secondary N) is 2. The minimum absolute atomic E-state index is 0.0966. The first-order valence-corrected chi connectivity index (χ1v) is 8.57. The second-order valence-electron chi connectivity index (χ2n) is 6.15. The number of phenolic OH excluding ortho intramolecular Hbond substituents is 1. The van der Waals surface area contributed by atoms with E-state index >= 15 is 0 Å². The van der Waals surface area contributed by atoms with Gasteiger partial charge < -0.3 is 20.5 Å². The molecular formula is C22H19N3O3. The maximum atomic E-state index is 12.5. The van der Waals surface area contributed by atoms with Crippen molar-refractivity contribution in [2.45, 2.75) is 6.92 Å². The van der Waals surface area contributed by atoms with E-state index in [-0.39, 0.29) is 11.3 Å². The molecule has 140 valence electrons. The highest BCUT2D eigenvalue weighted by Gasteiger charge is 2.13. The van der Waals surface area contributed by atoms with Crippen molar-refractivity contribution in [2.75, 3.05) is 17.7 Å². The van der Waals surface area contributed by atoms with Gasteiger partial charge in [0.1, 0.15) is 23.1 Å². The molecule has 3 rings (SSSR count). The number of amides is 1. The lowest BCUT2D eigenvalue weighted by atomic mass is 10.1. The molecule has 0 fully saturated rings. The van der Waals surface area contributed by atoms with Crippen LogP contribution in [-0.2, 0) is 4.79 Å². The molecule has 0 unspecified atom stereocenters. The molecule has 0 spiro atoms. The Kier molecular flexibility index (Phi) is 5.47. The molecule has 6 heteroatoms. The first kappa shape index (κ1) is 18.8. The SMILES string of the molecule is COc1ccc(C)cc1NC(=O)/C(C#N)=C\Nc1cccc2c(O)cccc12. The molecule has 0 aliphatic rings. The first-order valence-electron chi connectivity index (χ1n) is 8.57. The Balaban J connectivity index is 1.85. The fourth-order valence-electron chi connectivity index (χ4n) is 2.83. The lowest BCUT2D eigenvalue weighted by Crippen LogP contribution is -2.15. The van der Waals surface area contributed by atoms with Crippen LogP contribution in [0.1, 0.15) is 5.56 Å². The summed E-state index contributed by atoms with van der Waals surface area (Å²) < 4.78 is 5.25. The summed E-state index contributed by atoms with van der Waals surface area (Å²) in [7, 11) is 1.51. The van der Waals surface area contributed by atoms with Gasteiger partial charge in [0.25, 0.3) is 5.91 Å². The van der Waals surface area contributed by atoms with Crippen LogP contribution < -0.4 is 15.4 Å². The standard InChI is InChI=1S/C22H19N3O3/c1-14-9-10-21(28-2)19(11-14)25-22(27)15(12-23)13-24-18-7-3-6-17-16(18)5-4-8-20(17)26/h3-11,13,24,26H,1-2H3,(H,25,27)/b15-13-. The molecular weight excluding hydrogens is 354 g/mol. The maximum absolute atomic E-state index is 12.5. The van der Waals surface area contributed by atoms with Crippen LogP contribution in [0, 0.1) is 18.3 Å². The number of rotatable bonds is 5. The third-order valence-corrected chi connectivity index (χ3v) is 4.24. The van der Waals surface area contributed by atoms with E-state index in [2.05, 4.69) is 10.6 Å². The van der Waals surface area contributed by atoms with Crippen LogP contribution in [0.2, 0.25) is 0 Å². The monoisotopic (exact) mass is 373 g/mol. The number of anilines is 2. The van der Waals surface area contributed by atoms with Gasteiger partial charge in [-0.3, -0.25) is 4.79 Å². The van der Waals surface area contributed by atoms with E-state index in [1.54, 1.807) is 42.5 Å². The van der Waals surface area contributed by atoms with Crippen molar-refractivity contribution >= 4 is 28.1 Å². The Morgan fingerprint density at radius 1 is 1.11 bits per heavy atom. The third kappa shape index (κ3) is 3.89. The molecule has 0 saturated carbocycles. The van der Waals surface area contributed by atoms with Gasteiger partial charge in [0.15, 0.2) is 0 Å². The van der Waals surface area contributed by atoms with Gasteiger partial charge in [-0.05, 0) is 36.8 Å². The van der Waals surface area contributed by atoms with Crippen molar-refractivity contribution in [2.24, 2.45) is 0 Å². The molecule has 0 atom stereocenters. The Morgan fingerprint density at radius 2 is 1.86 bits per heavy atom. The minimum atomic E-state index is -0.554. The summed E-state index contributed by atoms with van der Waals surface area (Å²) in [5.74, 6) is 0.116. The van der Waals surface area contributed by atoms with Gasteiger partial charge in [-0.25, -0.2) is 0 Å². The Bertz CT molecular complexity index is 1110. The zero-order valence-corrected chi connectivity index (χ0v) is 15.5. The topological polar surface area (TPSA) is 94.4 Å². The second-order valence-corrected chi connectivity index (χ2v) is 6.15. The molecule has 0 saturated heterocycles. The van der Waals surface area contributed by atoms with Gasteiger partial charge in [0.05, 0.1) is 12.8 Å². The summed E-state index contributed by atoms with van der Waals surface area (Å²) in [6.45, 7) is 1.90. The zero-order valence-electron chi connectivity index (χ0n) is 15.5. The van der Waals surface area contributed by atoms with Crippen LogP contribution in [0.3, 0.4) is 0 Å². The molecule has 0 radical (unpaired) electrons. The lowest BCUT2D eigenvalue weighted by Gasteiger charge is -2.11. The second kappa shape index (κ2) is 8.14. The fraction of sp³-hybridized carbons (Fsp3) is 0.0909. The summed E-state index contributed by atoms with van der Waals surface area (Å²) in [6, 6.07) is 17.8. The minimum Gasteiger partial charge on any atom is -0.507 e. The van der Waals surface area contributed by atoms with E-state index in [0.717, 1.165) is 10.9 Å². The first-order chi connectivity index (χ1) is 13.5. The number of aromatic hydroxyl groups is 1. The lowest BCUT2D eigenvalue weighted by molar-refractivity contribution is -0.112. The summed E-state index contributed by atoms with van der Waals surface area (Å²) in [5, 5.41) is 26.5. The summed E-state index contributed by atoms with van der Waals surface area (Å²) in [5.41, 5.74) is 2.01. The van der Waals surface area contributed by atoms with Gasteiger partial charge >= 0.3 is 0 Å². The molecule has 3 aromatic rings. The van der Waals surface area contributed by atoms with Crippen LogP contribution in [-0.4, -0.2) is 18.1 Å². The van der Waals surface area contributed by atoms with E-state index in [1.807, 2.05) is 25.1 Å². The highest BCUT2D eigenvalue weighted by atomic mass is 16.5. The van der Waals surface area contributed by atoms with Crippen molar-refractivity contribution in [3.8, 4) is 17.6 Å². The van der Waals surface area contributed by atoms with Crippen molar-refractivity contribution in [3.05, 3.63) is 71.9 Å². The fourth-order valence-corrected chi connectivity index (χ4v) is 2.83. The number of methoxy groups -OCH3 is 1. The van der Waals surface area contributed by atoms with Gasteiger partial charge in [-0.1, -0.05) is 30.3 Å².